The van der Waals surface area contributed by atoms with Crippen molar-refractivity contribution < 1.29 is 25.2 Å². The van der Waals surface area contributed by atoms with Crippen LogP contribution in [0.25, 0.3) is 0 Å². The van der Waals surface area contributed by atoms with Gasteiger partial charge in [0.05, 0.1) is 12.7 Å². The number of nitrogens with zero attached hydrogens (tertiary/aromatic N) is 2. The Hall–Kier alpha value is -1.52. The quantitative estimate of drug-likeness (QED) is 0.391. The van der Waals surface area contributed by atoms with Gasteiger partial charge in [-0.25, -0.2) is 4.79 Å². The van der Waals surface area contributed by atoms with Gasteiger partial charge >= 0.3 is 5.69 Å². The summed E-state index contributed by atoms with van der Waals surface area (Å²) in [6.45, 7) is -0.571. The third-order valence-electron chi connectivity index (χ3n) is 3.21. The average Bonchev–Trinajstić information content (AvgIpc) is 2.49. The van der Waals surface area contributed by atoms with Crippen LogP contribution in [0.1, 0.15) is 12.6 Å². The van der Waals surface area contributed by atoms with Crippen LogP contribution in [0.5, 0.6) is 0 Å². The minimum Gasteiger partial charge on any atom is -0.394 e. The van der Waals surface area contributed by atoms with Crippen LogP contribution < -0.4 is 11.4 Å². The van der Waals surface area contributed by atoms with Crippen molar-refractivity contribution in [2.24, 2.45) is 0 Å². The number of hydrogen-bond donors (Lipinski definition) is 5. The molecule has 1 aliphatic rings. The molecule has 0 aromatic carbocycles. The van der Waals surface area contributed by atoms with Crippen molar-refractivity contribution in [3.63, 3.8) is 0 Å². The van der Waals surface area contributed by atoms with Gasteiger partial charge in [-0.15, -0.1) is 0 Å². The van der Waals surface area contributed by atoms with E-state index in [1.54, 1.807) is 0 Å². The molecular weight excluding hydrogens is 270 g/mol. The lowest BCUT2D eigenvalue weighted by Gasteiger charge is -2.26. The van der Waals surface area contributed by atoms with E-state index in [4.69, 9.17) is 15.6 Å². The standard InChI is InChI=1S/C11H17N3O6/c12-8-1-2-14(11(19)13-8)10-6(17)3-5(16)9(18)7(4-15)20-10/h1-2,5-7,9-10,15-18H,3-4H2,(H2,12,13,19)/t5-,6-,7-,9+,10-/m1/s1. The minimum absolute atomic E-state index is 0.0214. The number of nitrogens with two attached hydrogens (primary N) is 1. The van der Waals surface area contributed by atoms with Crippen molar-refractivity contribution in [2.45, 2.75) is 37.1 Å². The Morgan fingerprint density at radius 3 is 2.70 bits per heavy atom. The van der Waals surface area contributed by atoms with Crippen LogP contribution in [-0.4, -0.2) is 61.0 Å². The predicted octanol–water partition coefficient (Wildman–Crippen LogP) is -2.81. The van der Waals surface area contributed by atoms with Crippen molar-refractivity contribution >= 4 is 5.82 Å². The number of aliphatic hydroxyl groups excluding tert-OH is 4. The first kappa shape index (κ1) is 14.9. The molecule has 112 valence electrons. The molecule has 1 aliphatic heterocycles. The van der Waals surface area contributed by atoms with E-state index >= 15 is 0 Å². The normalized spacial score (nSPS) is 34.7. The molecule has 1 aromatic heterocycles. The fraction of sp³-hybridized carbons (Fsp3) is 0.636. The Labute approximate surface area is 113 Å². The van der Waals surface area contributed by atoms with E-state index in [1.807, 2.05) is 0 Å². The maximum absolute atomic E-state index is 11.7. The summed E-state index contributed by atoms with van der Waals surface area (Å²) in [4.78, 5) is 15.3. The minimum atomic E-state index is -1.36. The molecule has 2 heterocycles. The first-order valence-electron chi connectivity index (χ1n) is 6.09. The molecule has 0 spiro atoms. The Morgan fingerprint density at radius 1 is 1.40 bits per heavy atom. The first-order valence-corrected chi connectivity index (χ1v) is 6.09. The lowest BCUT2D eigenvalue weighted by Crippen LogP contribution is -2.40. The zero-order chi connectivity index (χ0) is 14.9. The number of hydrogen-bond acceptors (Lipinski definition) is 8. The summed E-state index contributed by atoms with van der Waals surface area (Å²) in [5.41, 5.74) is 4.63. The fourth-order valence-electron chi connectivity index (χ4n) is 2.12. The number of ether oxygens (including phenoxy) is 1. The topological polar surface area (TPSA) is 151 Å². The van der Waals surface area contributed by atoms with Crippen molar-refractivity contribution in [3.05, 3.63) is 22.7 Å². The summed E-state index contributed by atoms with van der Waals surface area (Å²) in [7, 11) is 0. The highest BCUT2D eigenvalue weighted by atomic mass is 16.5. The van der Waals surface area contributed by atoms with Crippen LogP contribution in [0.4, 0.5) is 5.82 Å². The SMILES string of the molecule is Nc1ccn([C@@H]2O[C@H](CO)[C@@H](O)[C@H](O)C[C@H]2O)c(=O)n1. The maximum atomic E-state index is 11.7. The van der Waals surface area contributed by atoms with Gasteiger partial charge in [0.15, 0.2) is 6.23 Å². The van der Waals surface area contributed by atoms with E-state index in [0.29, 0.717) is 0 Å². The molecule has 1 fully saturated rings. The van der Waals surface area contributed by atoms with E-state index < -0.39 is 42.9 Å². The second-order valence-corrected chi connectivity index (χ2v) is 4.65. The lowest BCUT2D eigenvalue weighted by molar-refractivity contribution is -0.148. The monoisotopic (exact) mass is 287 g/mol. The number of aromatic nitrogens is 2. The smallest absolute Gasteiger partial charge is 0.351 e. The lowest BCUT2D eigenvalue weighted by atomic mass is 10.0. The largest absolute Gasteiger partial charge is 0.394 e. The summed E-state index contributed by atoms with van der Waals surface area (Å²) < 4.78 is 6.33. The third-order valence-corrected chi connectivity index (χ3v) is 3.21. The van der Waals surface area contributed by atoms with E-state index in [1.165, 1.54) is 12.3 Å². The molecule has 1 saturated heterocycles. The molecule has 0 aliphatic carbocycles. The van der Waals surface area contributed by atoms with Crippen molar-refractivity contribution in [1.29, 1.82) is 0 Å². The fourth-order valence-corrected chi connectivity index (χ4v) is 2.12. The molecule has 0 bridgehead atoms. The molecule has 9 nitrogen and oxygen atoms in total. The van der Waals surface area contributed by atoms with E-state index in [2.05, 4.69) is 4.98 Å². The van der Waals surface area contributed by atoms with E-state index in [-0.39, 0.29) is 12.2 Å². The van der Waals surface area contributed by atoms with Gasteiger partial charge in [0.1, 0.15) is 24.1 Å². The molecule has 0 saturated carbocycles. The zero-order valence-corrected chi connectivity index (χ0v) is 10.5. The van der Waals surface area contributed by atoms with E-state index in [9.17, 15) is 20.1 Å². The number of rotatable bonds is 2. The van der Waals surface area contributed by atoms with Gasteiger partial charge in [-0.05, 0) is 6.07 Å². The van der Waals surface area contributed by atoms with Crippen molar-refractivity contribution in [1.82, 2.24) is 9.55 Å². The van der Waals surface area contributed by atoms with Gasteiger partial charge in [0.2, 0.25) is 0 Å². The summed E-state index contributed by atoms with van der Waals surface area (Å²) in [5.74, 6) is 0.0214. The highest BCUT2D eigenvalue weighted by molar-refractivity contribution is 5.23. The van der Waals surface area contributed by atoms with Gasteiger partial charge in [-0.3, -0.25) is 4.57 Å². The van der Waals surface area contributed by atoms with Gasteiger partial charge < -0.3 is 30.9 Å². The van der Waals surface area contributed by atoms with Crippen LogP contribution in [0, 0.1) is 0 Å². The van der Waals surface area contributed by atoms with Gasteiger partial charge in [-0.1, -0.05) is 0 Å². The maximum Gasteiger partial charge on any atom is 0.351 e. The molecule has 1 aromatic rings. The molecule has 6 N–H and O–H groups in total. The summed E-state index contributed by atoms with van der Waals surface area (Å²) >= 11 is 0. The molecule has 2 rings (SSSR count). The van der Waals surface area contributed by atoms with Crippen LogP contribution >= 0.6 is 0 Å². The summed E-state index contributed by atoms with van der Waals surface area (Å²) in [6, 6.07) is 1.35. The Balaban J connectivity index is 2.36. The number of aliphatic hydroxyl groups is 4. The van der Waals surface area contributed by atoms with E-state index in [0.717, 1.165) is 4.57 Å². The van der Waals surface area contributed by atoms with Crippen molar-refractivity contribution in [2.75, 3.05) is 12.3 Å². The van der Waals surface area contributed by atoms with Gasteiger partial charge in [0.25, 0.3) is 0 Å². The first-order chi connectivity index (χ1) is 9.43. The molecule has 0 amide bonds. The molecule has 0 unspecified atom stereocenters. The van der Waals surface area contributed by atoms with Crippen LogP contribution in [0.2, 0.25) is 0 Å². The summed E-state index contributed by atoms with van der Waals surface area (Å²) in [5, 5.41) is 38.6. The highest BCUT2D eigenvalue weighted by Crippen LogP contribution is 2.26. The van der Waals surface area contributed by atoms with Crippen molar-refractivity contribution in [3.8, 4) is 0 Å². The molecule has 20 heavy (non-hydrogen) atoms. The Morgan fingerprint density at radius 2 is 2.10 bits per heavy atom. The molecular formula is C11H17N3O6. The second kappa shape index (κ2) is 5.85. The van der Waals surface area contributed by atoms with Crippen LogP contribution in [0.15, 0.2) is 17.1 Å². The van der Waals surface area contributed by atoms with Crippen LogP contribution in [0.3, 0.4) is 0 Å². The van der Waals surface area contributed by atoms with Crippen LogP contribution in [-0.2, 0) is 4.74 Å². The van der Waals surface area contributed by atoms with Gasteiger partial charge in [0, 0.05) is 12.6 Å². The molecule has 9 heteroatoms. The zero-order valence-electron chi connectivity index (χ0n) is 10.5. The average molecular weight is 287 g/mol. The Kier molecular flexibility index (Phi) is 4.35. The summed E-state index contributed by atoms with van der Waals surface area (Å²) in [6.07, 6.45) is -5.12. The Bertz CT molecular complexity index is 521. The van der Waals surface area contributed by atoms with Gasteiger partial charge in [-0.2, -0.15) is 4.98 Å². The highest BCUT2D eigenvalue weighted by Gasteiger charge is 2.39. The third kappa shape index (κ3) is 2.81. The molecule has 5 atom stereocenters. The number of nitrogen functional groups attached to an aromatic ring is 1. The second-order valence-electron chi connectivity index (χ2n) is 4.65. The molecule has 0 radical (unpaired) electrons. The predicted molar refractivity (Wildman–Crippen MR) is 66.5 cm³/mol. The number of anilines is 1.